The molecule has 0 fully saturated rings. The van der Waals surface area contributed by atoms with Gasteiger partial charge >= 0.3 is 17.9 Å². The molecule has 0 aromatic rings. The minimum absolute atomic E-state index is 0.0692. The molecule has 0 heterocycles. The first-order valence-corrected chi connectivity index (χ1v) is 35.8. The summed E-state index contributed by atoms with van der Waals surface area (Å²) in [5, 5.41) is 0. The zero-order valence-corrected chi connectivity index (χ0v) is 53.7. The topological polar surface area (TPSA) is 78.9 Å². The lowest BCUT2D eigenvalue weighted by atomic mass is 10.0. The highest BCUT2D eigenvalue weighted by molar-refractivity contribution is 5.71. The van der Waals surface area contributed by atoms with Crippen molar-refractivity contribution in [3.8, 4) is 0 Å². The Bertz CT molecular complexity index is 1270. The number of hydrogen-bond acceptors (Lipinski definition) is 6. The first-order chi connectivity index (χ1) is 39.0. The predicted octanol–water partition coefficient (Wildman–Crippen LogP) is 24.6. The summed E-state index contributed by atoms with van der Waals surface area (Å²) in [5.74, 6) is -0.849. The van der Waals surface area contributed by atoms with Crippen LogP contribution in [0.25, 0.3) is 0 Å². The molecule has 6 nitrogen and oxygen atoms in total. The van der Waals surface area contributed by atoms with Gasteiger partial charge in [-0.1, -0.05) is 360 Å². The fourth-order valence-electron chi connectivity index (χ4n) is 11.1. The van der Waals surface area contributed by atoms with Gasteiger partial charge in [-0.05, 0) is 51.4 Å². The van der Waals surface area contributed by atoms with Crippen LogP contribution < -0.4 is 0 Å². The largest absolute Gasteiger partial charge is 0.462 e. The fraction of sp³-hybridized carbons (Fsp3) is 0.904. The number of ether oxygens (including phenoxy) is 3. The number of hydrogen-bond donors (Lipinski definition) is 0. The van der Waals surface area contributed by atoms with Crippen LogP contribution in [0.3, 0.4) is 0 Å². The first kappa shape index (κ1) is 76.9. The summed E-state index contributed by atoms with van der Waals surface area (Å²) >= 11 is 0. The van der Waals surface area contributed by atoms with Gasteiger partial charge in [-0.15, -0.1) is 0 Å². The molecule has 0 N–H and O–H groups in total. The number of rotatable bonds is 67. The van der Waals surface area contributed by atoms with Gasteiger partial charge in [0.15, 0.2) is 6.10 Å². The van der Waals surface area contributed by atoms with Crippen molar-refractivity contribution < 1.29 is 28.6 Å². The van der Waals surface area contributed by atoms with Crippen LogP contribution in [0.2, 0.25) is 0 Å². The Morgan fingerprint density at radius 3 is 0.722 bits per heavy atom. The summed E-state index contributed by atoms with van der Waals surface area (Å²) in [5.41, 5.74) is 0. The molecule has 0 radical (unpaired) electrons. The van der Waals surface area contributed by atoms with E-state index in [1.807, 2.05) is 0 Å². The highest BCUT2D eigenvalue weighted by atomic mass is 16.6. The first-order valence-electron chi connectivity index (χ1n) is 35.8. The van der Waals surface area contributed by atoms with E-state index in [2.05, 4.69) is 45.1 Å². The molecule has 6 heteroatoms. The quantitative estimate of drug-likeness (QED) is 0.0261. The Balaban J connectivity index is 4.24. The van der Waals surface area contributed by atoms with Crippen LogP contribution in [-0.2, 0) is 28.6 Å². The van der Waals surface area contributed by atoms with Crippen LogP contribution in [-0.4, -0.2) is 37.2 Å². The van der Waals surface area contributed by atoms with Gasteiger partial charge in [0.05, 0.1) is 0 Å². The van der Waals surface area contributed by atoms with E-state index in [9.17, 15) is 14.4 Å². The molecule has 0 aromatic carbocycles. The summed E-state index contributed by atoms with van der Waals surface area (Å²) in [4.78, 5) is 38.4. The number of allylic oxidation sites excluding steroid dienone is 4. The second kappa shape index (κ2) is 68.4. The maximum absolute atomic E-state index is 13.0. The summed E-state index contributed by atoms with van der Waals surface area (Å²) in [6.07, 6.45) is 83.5. The summed E-state index contributed by atoms with van der Waals surface area (Å²) < 4.78 is 17.0. The lowest BCUT2D eigenvalue weighted by Gasteiger charge is -2.18. The van der Waals surface area contributed by atoms with E-state index in [1.54, 1.807) is 0 Å². The Kier molecular flexibility index (Phi) is 66.6. The maximum atomic E-state index is 13.0. The zero-order chi connectivity index (χ0) is 57.1. The minimum Gasteiger partial charge on any atom is -0.462 e. The van der Waals surface area contributed by atoms with Gasteiger partial charge < -0.3 is 14.2 Å². The van der Waals surface area contributed by atoms with Crippen molar-refractivity contribution in [2.75, 3.05) is 13.2 Å². The molecular formula is C73H138O6. The van der Waals surface area contributed by atoms with E-state index in [0.29, 0.717) is 19.3 Å². The minimum atomic E-state index is -0.774. The Morgan fingerprint density at radius 2 is 0.456 bits per heavy atom. The average Bonchev–Trinajstić information content (AvgIpc) is 3.45. The van der Waals surface area contributed by atoms with Gasteiger partial charge in [-0.2, -0.15) is 0 Å². The van der Waals surface area contributed by atoms with Crippen LogP contribution in [0.15, 0.2) is 24.3 Å². The maximum Gasteiger partial charge on any atom is 0.306 e. The van der Waals surface area contributed by atoms with E-state index in [1.165, 1.54) is 289 Å². The third-order valence-electron chi connectivity index (χ3n) is 16.5. The van der Waals surface area contributed by atoms with Gasteiger partial charge in [0.25, 0.3) is 0 Å². The average molecular weight is 1110 g/mol. The summed E-state index contributed by atoms with van der Waals surface area (Å²) in [6.45, 7) is 6.69. The molecule has 0 saturated carbocycles. The van der Waals surface area contributed by atoms with Crippen LogP contribution >= 0.6 is 0 Å². The van der Waals surface area contributed by atoms with E-state index < -0.39 is 6.10 Å². The van der Waals surface area contributed by atoms with Gasteiger partial charge in [0, 0.05) is 19.3 Å². The van der Waals surface area contributed by atoms with Gasteiger partial charge in [0.2, 0.25) is 0 Å². The van der Waals surface area contributed by atoms with Crippen molar-refractivity contribution in [1.29, 1.82) is 0 Å². The number of carbonyl (C=O) groups is 3. The third kappa shape index (κ3) is 66.6. The van der Waals surface area contributed by atoms with Crippen molar-refractivity contribution in [1.82, 2.24) is 0 Å². The molecular weight excluding hydrogens is 973 g/mol. The second-order valence-corrected chi connectivity index (χ2v) is 24.5. The molecule has 0 aliphatic rings. The van der Waals surface area contributed by atoms with Crippen LogP contribution in [0.1, 0.15) is 406 Å². The van der Waals surface area contributed by atoms with Crippen LogP contribution in [0.5, 0.6) is 0 Å². The monoisotopic (exact) mass is 1110 g/mol. The van der Waals surface area contributed by atoms with Crippen LogP contribution in [0.4, 0.5) is 0 Å². The number of esters is 3. The van der Waals surface area contributed by atoms with Gasteiger partial charge in [-0.3, -0.25) is 14.4 Å². The van der Waals surface area contributed by atoms with E-state index in [0.717, 1.165) is 77.0 Å². The third-order valence-corrected chi connectivity index (χ3v) is 16.5. The fourth-order valence-corrected chi connectivity index (χ4v) is 11.1. The molecule has 0 bridgehead atoms. The normalized spacial score (nSPS) is 12.1. The smallest absolute Gasteiger partial charge is 0.306 e. The number of carbonyl (C=O) groups excluding carboxylic acids is 3. The zero-order valence-electron chi connectivity index (χ0n) is 53.7. The van der Waals surface area contributed by atoms with Crippen molar-refractivity contribution in [3.05, 3.63) is 24.3 Å². The molecule has 0 spiro atoms. The summed E-state index contributed by atoms with van der Waals surface area (Å²) in [7, 11) is 0. The van der Waals surface area contributed by atoms with Crippen molar-refractivity contribution in [3.63, 3.8) is 0 Å². The second-order valence-electron chi connectivity index (χ2n) is 24.5. The molecule has 79 heavy (non-hydrogen) atoms. The molecule has 0 aromatic heterocycles. The van der Waals surface area contributed by atoms with E-state index in [-0.39, 0.29) is 31.1 Å². The summed E-state index contributed by atoms with van der Waals surface area (Å²) in [6, 6.07) is 0. The molecule has 0 aliphatic heterocycles. The van der Waals surface area contributed by atoms with Gasteiger partial charge in [0.1, 0.15) is 13.2 Å². The van der Waals surface area contributed by atoms with E-state index in [4.69, 9.17) is 14.2 Å². The Morgan fingerprint density at radius 1 is 0.253 bits per heavy atom. The lowest BCUT2D eigenvalue weighted by molar-refractivity contribution is -0.167. The SMILES string of the molecule is CCCCC/C=C\C/C=C\CCCCCCCC(=O)OCC(COC(=O)CCCCCCCCCCCCCCCCCCCCCCCCCCC)OC(=O)CCCCCCCCCCCCCCCCCCCCCCC. The number of unbranched alkanes of at least 4 members (excludes halogenated alkanes) is 52. The molecule has 0 rings (SSSR count). The lowest BCUT2D eigenvalue weighted by Crippen LogP contribution is -2.30. The molecule has 0 aliphatic carbocycles. The molecule has 0 amide bonds. The van der Waals surface area contributed by atoms with Crippen molar-refractivity contribution in [2.45, 2.75) is 412 Å². The van der Waals surface area contributed by atoms with Crippen LogP contribution in [0, 0.1) is 0 Å². The van der Waals surface area contributed by atoms with Crippen molar-refractivity contribution >= 4 is 17.9 Å². The molecule has 1 atom stereocenters. The highest BCUT2D eigenvalue weighted by Crippen LogP contribution is 2.19. The Hall–Kier alpha value is -2.11. The standard InChI is InChI=1S/C73H138O6/c1-4-7-10-13-16-19-22-25-28-30-32-34-35-36-37-39-40-42-45-48-51-54-57-60-63-66-72(75)78-69-70(68-77-71(74)65-62-59-56-53-50-47-44-27-24-21-18-15-12-9-6-3)79-73(76)67-64-61-58-55-52-49-46-43-41-38-33-31-29-26-23-20-17-14-11-8-5-2/h18,21,27,44,70H,4-17,19-20,22-26,28-43,45-69H2,1-3H3/b21-18-,44-27-. The van der Waals surface area contributed by atoms with Crippen molar-refractivity contribution in [2.24, 2.45) is 0 Å². The predicted molar refractivity (Wildman–Crippen MR) is 344 cm³/mol. The molecule has 0 saturated heterocycles. The Labute approximate surface area is 493 Å². The molecule has 1 unspecified atom stereocenters. The highest BCUT2D eigenvalue weighted by Gasteiger charge is 2.19. The van der Waals surface area contributed by atoms with E-state index >= 15 is 0 Å². The van der Waals surface area contributed by atoms with Gasteiger partial charge in [-0.25, -0.2) is 0 Å². The molecule has 466 valence electrons.